The molecule has 4 heteroatoms. The van der Waals surface area contributed by atoms with Crippen LogP contribution in [0.25, 0.3) is 0 Å². The van der Waals surface area contributed by atoms with Crippen LogP contribution in [0.15, 0.2) is 29.2 Å². The fourth-order valence-electron chi connectivity index (χ4n) is 0.640. The Balaban J connectivity index is 2.96. The summed E-state index contributed by atoms with van der Waals surface area (Å²) in [6.45, 7) is 0. The first-order valence-electron chi connectivity index (χ1n) is 2.72. The second-order valence-corrected chi connectivity index (χ2v) is 2.94. The molecule has 3 nitrogen and oxygen atoms in total. The lowest BCUT2D eigenvalue weighted by atomic mass is 10.3. The van der Waals surface area contributed by atoms with Crippen molar-refractivity contribution in [3.05, 3.63) is 24.3 Å². The number of anilines is 1. The van der Waals surface area contributed by atoms with Gasteiger partial charge in [0.15, 0.2) is 4.90 Å². The molecule has 1 rings (SSSR count). The molecule has 0 bridgehead atoms. The lowest BCUT2D eigenvalue weighted by molar-refractivity contribution is 0.597. The van der Waals surface area contributed by atoms with Crippen LogP contribution >= 0.6 is 0 Å². The highest BCUT2D eigenvalue weighted by Gasteiger charge is 2.03. The maximum absolute atomic E-state index is 10.6. The zero-order valence-corrected chi connectivity index (χ0v) is 6.10. The van der Waals surface area contributed by atoms with Gasteiger partial charge in [-0.2, -0.15) is 0 Å². The van der Waals surface area contributed by atoms with Crippen molar-refractivity contribution < 1.29 is 4.55 Å². The fourth-order valence-corrected chi connectivity index (χ4v) is 1.10. The number of benzene rings is 1. The third kappa shape index (κ3) is 1.63. The Labute approximate surface area is 62.3 Å². The molecule has 1 atom stereocenters. The fraction of sp³-hybridized carbons (Fsp3) is 0. The molecule has 0 saturated carbocycles. The number of hydrogen-bond donors (Lipinski definition) is 2. The predicted octanol–water partition coefficient (Wildman–Crippen LogP) is 0.250. The molecule has 10 heavy (non-hydrogen) atoms. The van der Waals surface area contributed by atoms with Crippen molar-refractivity contribution >= 4 is 17.0 Å². The molecule has 0 fully saturated rings. The van der Waals surface area contributed by atoms with Crippen molar-refractivity contribution in [1.82, 2.24) is 0 Å². The van der Waals surface area contributed by atoms with Gasteiger partial charge in [-0.1, -0.05) is 6.07 Å². The van der Waals surface area contributed by atoms with Crippen molar-refractivity contribution in [2.45, 2.75) is 4.90 Å². The Kier molecular flexibility index (Phi) is 2.16. The van der Waals surface area contributed by atoms with Gasteiger partial charge >= 0.3 is 0 Å². The Bertz CT molecular complexity index is 227. The number of rotatable bonds is 1. The molecular weight excluding hydrogens is 148 g/mol. The van der Waals surface area contributed by atoms with Crippen molar-refractivity contribution in [3.63, 3.8) is 0 Å². The highest BCUT2D eigenvalue weighted by Crippen LogP contribution is 2.09. The molecule has 0 aliphatic rings. The van der Waals surface area contributed by atoms with Crippen LogP contribution in [0.4, 0.5) is 5.69 Å². The van der Waals surface area contributed by atoms with E-state index in [1.165, 1.54) is 0 Å². The number of nitrogens with two attached hydrogens (primary N) is 2. The van der Waals surface area contributed by atoms with Crippen molar-refractivity contribution in [2.24, 2.45) is 5.14 Å². The first kappa shape index (κ1) is 7.40. The highest BCUT2D eigenvalue weighted by molar-refractivity contribution is 7.89. The summed E-state index contributed by atoms with van der Waals surface area (Å²) in [5.74, 6) is 0. The van der Waals surface area contributed by atoms with E-state index in [0.717, 1.165) is 0 Å². The first-order valence-corrected chi connectivity index (χ1v) is 3.93. The van der Waals surface area contributed by atoms with Gasteiger partial charge in [-0.05, 0) is 12.1 Å². The maximum atomic E-state index is 10.6. The topological polar surface area (TPSA) is 75.1 Å². The minimum atomic E-state index is -1.42. The van der Waals surface area contributed by atoms with E-state index >= 15 is 0 Å². The quantitative estimate of drug-likeness (QED) is 0.452. The summed E-state index contributed by atoms with van der Waals surface area (Å²) in [7, 11) is 0. The normalized spacial score (nSPS) is 13.0. The van der Waals surface area contributed by atoms with Gasteiger partial charge in [0.25, 0.3) is 0 Å². The average molecular weight is 156 g/mol. The Morgan fingerprint density at radius 1 is 1.40 bits per heavy atom. The maximum Gasteiger partial charge on any atom is 0.175 e. The number of nitrogen functional groups attached to an aromatic ring is 1. The van der Waals surface area contributed by atoms with E-state index in [9.17, 15) is 4.55 Å². The molecule has 1 aromatic rings. The summed E-state index contributed by atoms with van der Waals surface area (Å²) in [6.07, 6.45) is 0. The van der Waals surface area contributed by atoms with E-state index < -0.39 is 11.4 Å². The van der Waals surface area contributed by atoms with Crippen LogP contribution in [0.3, 0.4) is 0 Å². The van der Waals surface area contributed by atoms with Crippen molar-refractivity contribution in [1.29, 1.82) is 0 Å². The van der Waals surface area contributed by atoms with Gasteiger partial charge in [-0.15, -0.1) is 5.14 Å². The molecule has 0 heterocycles. The van der Waals surface area contributed by atoms with Crippen LogP contribution in [0.2, 0.25) is 0 Å². The molecule has 0 aliphatic heterocycles. The van der Waals surface area contributed by atoms with Crippen molar-refractivity contribution in [3.8, 4) is 0 Å². The van der Waals surface area contributed by atoms with E-state index in [0.29, 0.717) is 10.6 Å². The zero-order valence-electron chi connectivity index (χ0n) is 5.28. The molecule has 0 spiro atoms. The van der Waals surface area contributed by atoms with Gasteiger partial charge in [0, 0.05) is 11.8 Å². The minimum Gasteiger partial charge on any atom is -0.593 e. The van der Waals surface area contributed by atoms with E-state index in [1.807, 2.05) is 0 Å². The summed E-state index contributed by atoms with van der Waals surface area (Å²) < 4.78 is 10.6. The summed E-state index contributed by atoms with van der Waals surface area (Å²) in [6, 6.07) is 6.70. The van der Waals surface area contributed by atoms with E-state index in [-0.39, 0.29) is 0 Å². The molecule has 0 amide bonds. The average Bonchev–Trinajstić information content (AvgIpc) is 1.88. The van der Waals surface area contributed by atoms with Crippen LogP contribution < -0.4 is 10.9 Å². The molecule has 0 radical (unpaired) electrons. The van der Waals surface area contributed by atoms with Gasteiger partial charge in [0.05, 0.1) is 11.4 Å². The molecule has 4 N–H and O–H groups in total. The second kappa shape index (κ2) is 2.92. The van der Waals surface area contributed by atoms with Crippen LogP contribution in [-0.4, -0.2) is 4.55 Å². The lowest BCUT2D eigenvalue weighted by Crippen LogP contribution is -2.12. The standard InChI is InChI=1S/C6H8N2OS/c7-5-2-1-3-6(4-5)10(8)9/h1-4H,7-8H2. The summed E-state index contributed by atoms with van der Waals surface area (Å²) in [5.41, 5.74) is 5.99. The van der Waals surface area contributed by atoms with Gasteiger partial charge in [0.2, 0.25) is 0 Å². The molecule has 1 unspecified atom stereocenters. The number of hydrogen-bond acceptors (Lipinski definition) is 3. The smallest absolute Gasteiger partial charge is 0.175 e. The van der Waals surface area contributed by atoms with E-state index in [4.69, 9.17) is 10.9 Å². The van der Waals surface area contributed by atoms with E-state index in [2.05, 4.69) is 0 Å². The van der Waals surface area contributed by atoms with Crippen LogP contribution in [0.5, 0.6) is 0 Å². The van der Waals surface area contributed by atoms with Gasteiger partial charge in [0.1, 0.15) is 0 Å². The SMILES string of the molecule is Nc1cccc([S+](N)[O-])c1. The third-order valence-electron chi connectivity index (χ3n) is 1.09. The Morgan fingerprint density at radius 2 is 2.10 bits per heavy atom. The van der Waals surface area contributed by atoms with Gasteiger partial charge < -0.3 is 10.3 Å². The van der Waals surface area contributed by atoms with Crippen molar-refractivity contribution in [2.75, 3.05) is 5.73 Å². The lowest BCUT2D eigenvalue weighted by Gasteiger charge is -2.01. The van der Waals surface area contributed by atoms with Crippen LogP contribution in [-0.2, 0) is 11.4 Å². The summed E-state index contributed by atoms with van der Waals surface area (Å²) in [5, 5.41) is 5.10. The monoisotopic (exact) mass is 156 g/mol. The van der Waals surface area contributed by atoms with Crippen LogP contribution in [0.1, 0.15) is 0 Å². The molecular formula is C6H8N2OS. The summed E-state index contributed by atoms with van der Waals surface area (Å²) >= 11 is -1.42. The predicted molar refractivity (Wildman–Crippen MR) is 41.5 cm³/mol. The summed E-state index contributed by atoms with van der Waals surface area (Å²) in [4.78, 5) is 0.556. The molecule has 54 valence electrons. The second-order valence-electron chi connectivity index (χ2n) is 1.87. The third-order valence-corrected chi connectivity index (χ3v) is 1.81. The zero-order chi connectivity index (χ0) is 7.56. The molecule has 0 aromatic heterocycles. The largest absolute Gasteiger partial charge is 0.593 e. The molecule has 1 aromatic carbocycles. The van der Waals surface area contributed by atoms with E-state index in [1.54, 1.807) is 24.3 Å². The Morgan fingerprint density at radius 3 is 2.50 bits per heavy atom. The molecule has 0 saturated heterocycles. The van der Waals surface area contributed by atoms with Gasteiger partial charge in [-0.25, -0.2) is 0 Å². The molecule has 0 aliphatic carbocycles. The first-order chi connectivity index (χ1) is 4.70. The highest BCUT2D eigenvalue weighted by atomic mass is 32.2. The van der Waals surface area contributed by atoms with Crippen LogP contribution in [0, 0.1) is 0 Å². The van der Waals surface area contributed by atoms with Gasteiger partial charge in [-0.3, -0.25) is 0 Å². The minimum absolute atomic E-state index is 0.556. The Hall–Kier alpha value is -0.710.